The highest BCUT2D eigenvalue weighted by Gasteiger charge is 1.97. The van der Waals surface area contributed by atoms with Crippen LogP contribution >= 0.6 is 0 Å². The third-order valence-corrected chi connectivity index (χ3v) is 2.76. The molecule has 0 unspecified atom stereocenters. The van der Waals surface area contributed by atoms with Gasteiger partial charge >= 0.3 is 0 Å². The topological polar surface area (TPSA) is 21.3 Å². The summed E-state index contributed by atoms with van der Waals surface area (Å²) in [5.41, 5.74) is 2.53. The van der Waals surface area contributed by atoms with E-state index < -0.39 is 0 Å². The number of benzene rings is 1. The van der Waals surface area contributed by atoms with Crippen molar-refractivity contribution in [2.75, 3.05) is 19.7 Å². The molecule has 0 aliphatic rings. The average Bonchev–Trinajstić information content (AvgIpc) is 2.26. The normalized spacial score (nSPS) is 10.9. The van der Waals surface area contributed by atoms with Crippen molar-refractivity contribution in [3.63, 3.8) is 0 Å². The second kappa shape index (κ2) is 8.15. The molecule has 1 rings (SSSR count). The van der Waals surface area contributed by atoms with Gasteiger partial charge < -0.3 is 10.1 Å². The Labute approximate surface area is 112 Å². The Morgan fingerprint density at radius 2 is 1.72 bits per heavy atom. The summed E-state index contributed by atoms with van der Waals surface area (Å²) in [5, 5.41) is 3.45. The van der Waals surface area contributed by atoms with Crippen LogP contribution in [0.4, 0.5) is 0 Å². The molecule has 0 bridgehead atoms. The molecule has 0 atom stereocenters. The van der Waals surface area contributed by atoms with Gasteiger partial charge in [0, 0.05) is 0 Å². The molecule has 0 saturated heterocycles. The van der Waals surface area contributed by atoms with Crippen LogP contribution in [0.5, 0.6) is 5.75 Å². The van der Waals surface area contributed by atoms with E-state index in [4.69, 9.17) is 4.74 Å². The van der Waals surface area contributed by atoms with Crippen LogP contribution < -0.4 is 10.1 Å². The lowest BCUT2D eigenvalue weighted by molar-refractivity contribution is 0.305. The number of rotatable bonds is 8. The number of nitrogens with one attached hydrogen (secondary N) is 1. The quantitative estimate of drug-likeness (QED) is 0.709. The van der Waals surface area contributed by atoms with Crippen LogP contribution in [-0.4, -0.2) is 19.7 Å². The van der Waals surface area contributed by atoms with Crippen molar-refractivity contribution in [1.29, 1.82) is 0 Å². The lowest BCUT2D eigenvalue weighted by atomic mass is 10.1. The fraction of sp³-hybridized carbons (Fsp3) is 0.625. The molecule has 18 heavy (non-hydrogen) atoms. The zero-order chi connectivity index (χ0) is 13.4. The van der Waals surface area contributed by atoms with Crippen LogP contribution in [-0.2, 0) is 0 Å². The van der Waals surface area contributed by atoms with Crippen molar-refractivity contribution < 1.29 is 4.74 Å². The summed E-state index contributed by atoms with van der Waals surface area (Å²) >= 11 is 0. The van der Waals surface area contributed by atoms with E-state index in [9.17, 15) is 0 Å². The molecule has 0 aliphatic heterocycles. The summed E-state index contributed by atoms with van der Waals surface area (Å²) in [6.07, 6.45) is 2.29. The lowest BCUT2D eigenvalue weighted by Crippen LogP contribution is -2.21. The summed E-state index contributed by atoms with van der Waals surface area (Å²) in [5.74, 6) is 1.74. The van der Waals surface area contributed by atoms with E-state index in [-0.39, 0.29) is 0 Å². The Morgan fingerprint density at radius 1 is 1.06 bits per heavy atom. The molecule has 0 aliphatic carbocycles. The SMILES string of the molecule is Cc1cc(C)cc(OCCCCNCC(C)C)c1. The van der Waals surface area contributed by atoms with Gasteiger partial charge in [-0.25, -0.2) is 0 Å². The van der Waals surface area contributed by atoms with Crippen LogP contribution in [0.1, 0.15) is 37.8 Å². The van der Waals surface area contributed by atoms with Gasteiger partial charge in [-0.2, -0.15) is 0 Å². The first kappa shape index (κ1) is 15.0. The fourth-order valence-corrected chi connectivity index (χ4v) is 1.95. The molecule has 0 fully saturated rings. The predicted molar refractivity (Wildman–Crippen MR) is 78.4 cm³/mol. The zero-order valence-electron chi connectivity index (χ0n) is 12.3. The summed E-state index contributed by atoms with van der Waals surface area (Å²) in [6, 6.07) is 6.37. The van der Waals surface area contributed by atoms with E-state index in [1.165, 1.54) is 17.5 Å². The van der Waals surface area contributed by atoms with Crippen molar-refractivity contribution in [2.45, 2.75) is 40.5 Å². The van der Waals surface area contributed by atoms with Crippen LogP contribution in [0.15, 0.2) is 18.2 Å². The molecule has 1 N–H and O–H groups in total. The molecule has 0 heterocycles. The zero-order valence-corrected chi connectivity index (χ0v) is 12.3. The smallest absolute Gasteiger partial charge is 0.119 e. The molecule has 1 aromatic carbocycles. The molecule has 0 spiro atoms. The minimum Gasteiger partial charge on any atom is -0.494 e. The van der Waals surface area contributed by atoms with E-state index >= 15 is 0 Å². The van der Waals surface area contributed by atoms with E-state index in [1.54, 1.807) is 0 Å². The van der Waals surface area contributed by atoms with Gasteiger partial charge in [-0.3, -0.25) is 0 Å². The molecule has 2 nitrogen and oxygen atoms in total. The third kappa shape index (κ3) is 6.65. The Balaban J connectivity index is 2.10. The molecular formula is C16H27NO. The third-order valence-electron chi connectivity index (χ3n) is 2.76. The van der Waals surface area contributed by atoms with Gasteiger partial charge in [-0.05, 0) is 69.0 Å². The number of hydrogen-bond donors (Lipinski definition) is 1. The first-order valence-electron chi connectivity index (χ1n) is 6.99. The summed E-state index contributed by atoms with van der Waals surface area (Å²) in [4.78, 5) is 0. The molecular weight excluding hydrogens is 222 g/mol. The Bertz CT molecular complexity index is 327. The van der Waals surface area contributed by atoms with Gasteiger partial charge in [0.2, 0.25) is 0 Å². The van der Waals surface area contributed by atoms with Gasteiger partial charge in [-0.1, -0.05) is 19.9 Å². The van der Waals surface area contributed by atoms with Gasteiger partial charge in [0.1, 0.15) is 5.75 Å². The number of hydrogen-bond acceptors (Lipinski definition) is 2. The maximum atomic E-state index is 5.77. The van der Waals surface area contributed by atoms with E-state index in [1.807, 2.05) is 0 Å². The molecule has 2 heteroatoms. The second-order valence-corrected chi connectivity index (χ2v) is 5.48. The summed E-state index contributed by atoms with van der Waals surface area (Å²) in [6.45, 7) is 11.7. The van der Waals surface area contributed by atoms with Crippen LogP contribution in [0.2, 0.25) is 0 Å². The Kier molecular flexibility index (Phi) is 6.81. The standard InChI is InChI=1S/C16H27NO/c1-13(2)12-17-7-5-6-8-18-16-10-14(3)9-15(4)11-16/h9-11,13,17H,5-8,12H2,1-4H3. The van der Waals surface area contributed by atoms with Crippen molar-refractivity contribution in [2.24, 2.45) is 5.92 Å². The molecule has 102 valence electrons. The maximum Gasteiger partial charge on any atom is 0.119 e. The first-order valence-corrected chi connectivity index (χ1v) is 6.99. The van der Waals surface area contributed by atoms with E-state index in [2.05, 4.69) is 51.2 Å². The second-order valence-electron chi connectivity index (χ2n) is 5.48. The maximum absolute atomic E-state index is 5.77. The van der Waals surface area contributed by atoms with Gasteiger partial charge in [0.25, 0.3) is 0 Å². The largest absolute Gasteiger partial charge is 0.494 e. The highest BCUT2D eigenvalue weighted by molar-refractivity contribution is 5.32. The van der Waals surface area contributed by atoms with Crippen LogP contribution in [0, 0.1) is 19.8 Å². The monoisotopic (exact) mass is 249 g/mol. The highest BCUT2D eigenvalue weighted by Crippen LogP contribution is 2.16. The minimum absolute atomic E-state index is 0.733. The van der Waals surface area contributed by atoms with Crippen molar-refractivity contribution in [1.82, 2.24) is 5.32 Å². The summed E-state index contributed by atoms with van der Waals surface area (Å²) in [7, 11) is 0. The lowest BCUT2D eigenvalue weighted by Gasteiger charge is -2.09. The Hall–Kier alpha value is -1.02. The number of aryl methyl sites for hydroxylation is 2. The Morgan fingerprint density at radius 3 is 2.33 bits per heavy atom. The highest BCUT2D eigenvalue weighted by atomic mass is 16.5. The molecule has 1 aromatic rings. The van der Waals surface area contributed by atoms with Crippen molar-refractivity contribution in [3.05, 3.63) is 29.3 Å². The fourth-order valence-electron chi connectivity index (χ4n) is 1.95. The molecule has 0 amide bonds. The molecule has 0 saturated carbocycles. The van der Waals surface area contributed by atoms with Crippen LogP contribution in [0.3, 0.4) is 0 Å². The minimum atomic E-state index is 0.733. The van der Waals surface area contributed by atoms with Crippen molar-refractivity contribution >= 4 is 0 Å². The predicted octanol–water partition coefficient (Wildman–Crippen LogP) is 3.71. The van der Waals surface area contributed by atoms with Crippen molar-refractivity contribution in [3.8, 4) is 5.75 Å². The molecule has 0 aromatic heterocycles. The van der Waals surface area contributed by atoms with E-state index in [0.29, 0.717) is 0 Å². The average molecular weight is 249 g/mol. The molecule has 0 radical (unpaired) electrons. The number of unbranched alkanes of at least 4 members (excludes halogenated alkanes) is 1. The van der Waals surface area contributed by atoms with Gasteiger partial charge in [0.15, 0.2) is 0 Å². The first-order chi connectivity index (χ1) is 8.58. The number of ether oxygens (including phenoxy) is 1. The summed E-state index contributed by atoms with van der Waals surface area (Å²) < 4.78 is 5.77. The van der Waals surface area contributed by atoms with Gasteiger partial charge in [-0.15, -0.1) is 0 Å². The van der Waals surface area contributed by atoms with E-state index in [0.717, 1.165) is 37.8 Å². The van der Waals surface area contributed by atoms with Crippen LogP contribution in [0.25, 0.3) is 0 Å². The van der Waals surface area contributed by atoms with Gasteiger partial charge in [0.05, 0.1) is 6.61 Å².